The number of unbranched alkanes of at least 4 members (excludes halogenated alkanes) is 1. The number of furan rings is 1. The molecule has 0 aromatic carbocycles. The van der Waals surface area contributed by atoms with Crippen LogP contribution in [0.15, 0.2) is 20.0 Å². The molecule has 0 bridgehead atoms. The molecule has 1 aromatic rings. The van der Waals surface area contributed by atoms with Crippen molar-refractivity contribution in [3.63, 3.8) is 0 Å². The van der Waals surface area contributed by atoms with Gasteiger partial charge >= 0.3 is 0 Å². The maximum absolute atomic E-state index is 12.7. The lowest BCUT2D eigenvalue weighted by atomic mass is 10.3. The summed E-state index contributed by atoms with van der Waals surface area (Å²) in [5.74, 6) is 0.612. The van der Waals surface area contributed by atoms with Gasteiger partial charge in [0.1, 0.15) is 10.7 Å². The summed E-state index contributed by atoms with van der Waals surface area (Å²) < 4.78 is 32.6. The highest BCUT2D eigenvalue weighted by Crippen LogP contribution is 2.29. The van der Waals surface area contributed by atoms with Crippen molar-refractivity contribution >= 4 is 26.0 Å². The Kier molecular flexibility index (Phi) is 7.39. The summed E-state index contributed by atoms with van der Waals surface area (Å²) in [6.07, 6.45) is 1.81. The van der Waals surface area contributed by atoms with Gasteiger partial charge in [-0.3, -0.25) is 0 Å². The van der Waals surface area contributed by atoms with Crippen LogP contribution < -0.4 is 5.32 Å². The SMILES string of the molecule is CCCCN(CC)S(=O)(=O)c1cc(CNC(C)C)oc1Br. The molecule has 0 fully saturated rings. The first kappa shape index (κ1) is 18.7. The Morgan fingerprint density at radius 3 is 2.57 bits per heavy atom. The molecule has 0 aliphatic rings. The molecule has 0 radical (unpaired) electrons. The van der Waals surface area contributed by atoms with E-state index >= 15 is 0 Å². The second kappa shape index (κ2) is 8.31. The lowest BCUT2D eigenvalue weighted by molar-refractivity contribution is 0.415. The summed E-state index contributed by atoms with van der Waals surface area (Å²) >= 11 is 3.23. The fraction of sp³-hybridized carbons (Fsp3) is 0.714. The van der Waals surface area contributed by atoms with Crippen LogP contribution in [-0.2, 0) is 16.6 Å². The van der Waals surface area contributed by atoms with Gasteiger partial charge in [0.05, 0.1) is 6.54 Å². The highest BCUT2D eigenvalue weighted by Gasteiger charge is 2.28. The van der Waals surface area contributed by atoms with Crippen molar-refractivity contribution in [3.8, 4) is 0 Å². The maximum Gasteiger partial charge on any atom is 0.247 e. The highest BCUT2D eigenvalue weighted by atomic mass is 79.9. The first-order valence-electron chi connectivity index (χ1n) is 7.34. The Morgan fingerprint density at radius 2 is 2.05 bits per heavy atom. The second-order valence-electron chi connectivity index (χ2n) is 5.24. The van der Waals surface area contributed by atoms with Gasteiger partial charge in [-0.05, 0) is 22.4 Å². The van der Waals surface area contributed by atoms with Crippen molar-refractivity contribution in [2.75, 3.05) is 13.1 Å². The van der Waals surface area contributed by atoms with Gasteiger partial charge in [0.2, 0.25) is 10.0 Å². The van der Waals surface area contributed by atoms with Crippen LogP contribution in [0.5, 0.6) is 0 Å². The highest BCUT2D eigenvalue weighted by molar-refractivity contribution is 9.10. The fourth-order valence-electron chi connectivity index (χ4n) is 1.89. The predicted molar refractivity (Wildman–Crippen MR) is 87.7 cm³/mol. The van der Waals surface area contributed by atoms with Gasteiger partial charge in [-0.2, -0.15) is 4.31 Å². The van der Waals surface area contributed by atoms with Gasteiger partial charge in [-0.1, -0.05) is 34.1 Å². The molecule has 0 unspecified atom stereocenters. The van der Waals surface area contributed by atoms with Crippen molar-refractivity contribution in [1.29, 1.82) is 0 Å². The lowest BCUT2D eigenvalue weighted by Gasteiger charge is -2.19. The topological polar surface area (TPSA) is 62.6 Å². The summed E-state index contributed by atoms with van der Waals surface area (Å²) in [5, 5.41) is 3.21. The van der Waals surface area contributed by atoms with Crippen LogP contribution in [0.3, 0.4) is 0 Å². The van der Waals surface area contributed by atoms with Crippen LogP contribution in [0.1, 0.15) is 46.3 Å². The largest absolute Gasteiger partial charge is 0.452 e. The third kappa shape index (κ3) is 5.09. The molecular weight excluding hydrogens is 356 g/mol. The summed E-state index contributed by atoms with van der Waals surface area (Å²) in [6.45, 7) is 9.45. The molecule has 0 saturated heterocycles. The molecule has 0 aliphatic carbocycles. The molecule has 0 aliphatic heterocycles. The Labute approximate surface area is 136 Å². The zero-order chi connectivity index (χ0) is 16.0. The van der Waals surface area contributed by atoms with E-state index in [9.17, 15) is 8.42 Å². The van der Waals surface area contributed by atoms with Crippen molar-refractivity contribution in [1.82, 2.24) is 9.62 Å². The minimum atomic E-state index is -3.51. The van der Waals surface area contributed by atoms with Gasteiger partial charge in [0.15, 0.2) is 4.67 Å². The third-order valence-corrected chi connectivity index (χ3v) is 5.95. The molecule has 0 saturated carbocycles. The smallest absolute Gasteiger partial charge is 0.247 e. The van der Waals surface area contributed by atoms with Crippen molar-refractivity contribution < 1.29 is 12.8 Å². The summed E-state index contributed by atoms with van der Waals surface area (Å²) in [7, 11) is -3.51. The second-order valence-corrected chi connectivity index (χ2v) is 7.86. The van der Waals surface area contributed by atoms with Crippen LogP contribution in [0.4, 0.5) is 0 Å². The number of nitrogens with zero attached hydrogens (tertiary/aromatic N) is 1. The summed E-state index contributed by atoms with van der Waals surface area (Å²) in [5.41, 5.74) is 0. The molecule has 5 nitrogen and oxygen atoms in total. The van der Waals surface area contributed by atoms with Crippen LogP contribution >= 0.6 is 15.9 Å². The summed E-state index contributed by atoms with van der Waals surface area (Å²) in [6, 6.07) is 1.91. The zero-order valence-corrected chi connectivity index (χ0v) is 15.6. The normalized spacial score (nSPS) is 12.5. The van der Waals surface area contributed by atoms with Gasteiger partial charge in [-0.25, -0.2) is 8.42 Å². The number of halogens is 1. The molecule has 0 spiro atoms. The molecule has 122 valence electrons. The van der Waals surface area contributed by atoms with Crippen molar-refractivity contribution in [2.24, 2.45) is 0 Å². The van der Waals surface area contributed by atoms with Crippen LogP contribution in [0.2, 0.25) is 0 Å². The van der Waals surface area contributed by atoms with E-state index in [1.165, 1.54) is 4.31 Å². The Balaban J connectivity index is 2.96. The fourth-order valence-corrected chi connectivity index (χ4v) is 4.34. The number of nitrogens with one attached hydrogen (secondary N) is 1. The van der Waals surface area contributed by atoms with E-state index in [1.54, 1.807) is 6.07 Å². The number of sulfonamides is 1. The van der Waals surface area contributed by atoms with Crippen LogP contribution in [0.25, 0.3) is 0 Å². The van der Waals surface area contributed by atoms with Crippen molar-refractivity contribution in [2.45, 2.75) is 58.0 Å². The predicted octanol–water partition coefficient (Wildman–Crippen LogP) is 3.35. The van der Waals surface area contributed by atoms with Gasteiger partial charge in [0, 0.05) is 25.2 Å². The van der Waals surface area contributed by atoms with Gasteiger partial charge in [0.25, 0.3) is 0 Å². The lowest BCUT2D eigenvalue weighted by Crippen LogP contribution is -2.31. The number of hydrogen-bond acceptors (Lipinski definition) is 4. The molecular formula is C14H25BrN2O3S. The average Bonchev–Trinajstić information content (AvgIpc) is 2.79. The Morgan fingerprint density at radius 1 is 1.38 bits per heavy atom. The zero-order valence-electron chi connectivity index (χ0n) is 13.1. The molecule has 21 heavy (non-hydrogen) atoms. The first-order valence-corrected chi connectivity index (χ1v) is 9.57. The van der Waals surface area contributed by atoms with E-state index in [1.807, 2.05) is 27.7 Å². The average molecular weight is 381 g/mol. The number of rotatable bonds is 9. The molecule has 0 amide bonds. The Bertz CT molecular complexity index is 540. The van der Waals surface area contributed by atoms with Crippen molar-refractivity contribution in [3.05, 3.63) is 16.5 Å². The Hall–Kier alpha value is -0.370. The molecule has 0 atom stereocenters. The molecule has 1 heterocycles. The van der Waals surface area contributed by atoms with Crippen LogP contribution in [0, 0.1) is 0 Å². The van der Waals surface area contributed by atoms with E-state index in [0.29, 0.717) is 31.4 Å². The molecule has 1 N–H and O–H groups in total. The monoisotopic (exact) mass is 380 g/mol. The number of hydrogen-bond donors (Lipinski definition) is 1. The molecule has 1 aromatic heterocycles. The standard InChI is InChI=1S/C14H25BrN2O3S/c1-5-7-8-17(6-2)21(18,19)13-9-12(20-14(13)15)10-16-11(3)4/h9,11,16H,5-8,10H2,1-4H3. The maximum atomic E-state index is 12.7. The van der Waals surface area contributed by atoms with E-state index in [-0.39, 0.29) is 9.56 Å². The summed E-state index contributed by atoms with van der Waals surface area (Å²) in [4.78, 5) is 0.209. The minimum absolute atomic E-state index is 0.209. The van der Waals surface area contributed by atoms with Crippen LogP contribution in [-0.4, -0.2) is 31.9 Å². The van der Waals surface area contributed by atoms with E-state index in [2.05, 4.69) is 21.2 Å². The van der Waals surface area contributed by atoms with E-state index in [4.69, 9.17) is 4.42 Å². The quantitative estimate of drug-likeness (QED) is 0.713. The minimum Gasteiger partial charge on any atom is -0.452 e. The van der Waals surface area contributed by atoms with Gasteiger partial charge < -0.3 is 9.73 Å². The first-order chi connectivity index (χ1) is 9.82. The van der Waals surface area contributed by atoms with E-state index < -0.39 is 10.0 Å². The molecule has 1 rings (SSSR count). The van der Waals surface area contributed by atoms with Gasteiger partial charge in [-0.15, -0.1) is 0 Å². The third-order valence-electron chi connectivity index (χ3n) is 3.12. The van der Waals surface area contributed by atoms with E-state index in [0.717, 1.165) is 12.8 Å². The molecule has 7 heteroatoms.